The van der Waals surface area contributed by atoms with E-state index in [0.717, 1.165) is 17.1 Å². The molecule has 2 heterocycles. The average Bonchev–Trinajstić information content (AvgIpc) is 2.92. The molecule has 2 aromatic rings. The van der Waals surface area contributed by atoms with Gasteiger partial charge in [0.15, 0.2) is 0 Å². The number of methoxy groups -OCH3 is 1. The normalized spacial score (nSPS) is 12.7. The van der Waals surface area contributed by atoms with E-state index in [1.54, 1.807) is 30.8 Å². The maximum atomic E-state index is 4.94. The molecule has 2 aromatic heterocycles. The molecule has 0 spiro atoms. The van der Waals surface area contributed by atoms with E-state index < -0.39 is 0 Å². The van der Waals surface area contributed by atoms with E-state index in [2.05, 4.69) is 33.8 Å². The number of hydrogen-bond acceptors (Lipinski definition) is 6. The summed E-state index contributed by atoms with van der Waals surface area (Å²) >= 11 is 1.67. The molecule has 0 aromatic carbocycles. The summed E-state index contributed by atoms with van der Waals surface area (Å²) in [6, 6.07) is 0.682. The van der Waals surface area contributed by atoms with Crippen molar-refractivity contribution < 1.29 is 4.74 Å². The van der Waals surface area contributed by atoms with Gasteiger partial charge in [0.25, 0.3) is 0 Å². The summed E-state index contributed by atoms with van der Waals surface area (Å²) in [6.07, 6.45) is 5.41. The predicted octanol–water partition coefficient (Wildman–Crippen LogP) is 2.13. The number of hydrogen-bond donors (Lipinski definition) is 0. The Hall–Kier alpha value is -1.53. The van der Waals surface area contributed by atoms with Crippen molar-refractivity contribution in [3.05, 3.63) is 34.5 Å². The van der Waals surface area contributed by atoms with Crippen LogP contribution in [0.4, 0.5) is 0 Å². The van der Waals surface area contributed by atoms with Crippen LogP contribution in [-0.2, 0) is 6.54 Å². The van der Waals surface area contributed by atoms with Crippen molar-refractivity contribution >= 4 is 11.3 Å². The molecular formula is C12H16N4OS. The van der Waals surface area contributed by atoms with Crippen molar-refractivity contribution in [3.63, 3.8) is 0 Å². The molecule has 1 unspecified atom stereocenters. The first-order chi connectivity index (χ1) is 8.70. The molecule has 0 aliphatic heterocycles. The molecule has 0 saturated carbocycles. The highest BCUT2D eigenvalue weighted by atomic mass is 32.1. The number of ether oxygens (including phenoxy) is 1. The second kappa shape index (κ2) is 5.88. The highest BCUT2D eigenvalue weighted by Gasteiger charge is 2.14. The third-order valence-electron chi connectivity index (χ3n) is 2.77. The van der Waals surface area contributed by atoms with Crippen LogP contribution in [0, 0.1) is 0 Å². The van der Waals surface area contributed by atoms with Crippen LogP contribution in [0.2, 0.25) is 0 Å². The zero-order valence-corrected chi connectivity index (χ0v) is 11.5. The minimum atomic E-state index is 0.284. The summed E-state index contributed by atoms with van der Waals surface area (Å²) in [5, 5.41) is 3.11. The molecule has 0 N–H and O–H groups in total. The van der Waals surface area contributed by atoms with Crippen LogP contribution < -0.4 is 4.74 Å². The molecule has 5 nitrogen and oxygen atoms in total. The quantitative estimate of drug-likeness (QED) is 0.828. The van der Waals surface area contributed by atoms with Crippen LogP contribution in [0.1, 0.15) is 23.5 Å². The maximum Gasteiger partial charge on any atom is 0.316 e. The predicted molar refractivity (Wildman–Crippen MR) is 70.6 cm³/mol. The van der Waals surface area contributed by atoms with Gasteiger partial charge in [-0.2, -0.15) is 0 Å². The number of nitrogens with zero attached hydrogens (tertiary/aromatic N) is 4. The Labute approximate surface area is 110 Å². The maximum absolute atomic E-state index is 4.94. The molecule has 96 valence electrons. The summed E-state index contributed by atoms with van der Waals surface area (Å²) in [6.45, 7) is 2.92. The molecule has 0 saturated heterocycles. The van der Waals surface area contributed by atoms with Crippen molar-refractivity contribution in [2.24, 2.45) is 0 Å². The molecule has 0 amide bonds. The van der Waals surface area contributed by atoms with E-state index in [0.29, 0.717) is 6.01 Å². The van der Waals surface area contributed by atoms with Gasteiger partial charge in [-0.1, -0.05) is 0 Å². The van der Waals surface area contributed by atoms with Crippen LogP contribution in [0.15, 0.2) is 24.0 Å². The van der Waals surface area contributed by atoms with Crippen molar-refractivity contribution in [3.8, 4) is 6.01 Å². The molecule has 2 rings (SSSR count). The Morgan fingerprint density at radius 3 is 2.61 bits per heavy atom. The lowest BCUT2D eigenvalue weighted by atomic mass is 10.2. The van der Waals surface area contributed by atoms with E-state index >= 15 is 0 Å². The SMILES string of the molecule is COc1ncc(CN(C)C(C)c2nccs2)cn1. The van der Waals surface area contributed by atoms with Gasteiger partial charge in [0.1, 0.15) is 5.01 Å². The second-order valence-corrected chi connectivity index (χ2v) is 4.97. The number of aromatic nitrogens is 3. The zero-order valence-electron chi connectivity index (χ0n) is 10.7. The lowest BCUT2D eigenvalue weighted by molar-refractivity contribution is 0.251. The summed E-state index contributed by atoms with van der Waals surface area (Å²) in [4.78, 5) is 14.7. The van der Waals surface area contributed by atoms with Gasteiger partial charge in [-0.15, -0.1) is 11.3 Å². The zero-order chi connectivity index (χ0) is 13.0. The highest BCUT2D eigenvalue weighted by Crippen LogP contribution is 2.22. The Balaban J connectivity index is 1.99. The first-order valence-corrected chi connectivity index (χ1v) is 6.53. The van der Waals surface area contributed by atoms with E-state index in [-0.39, 0.29) is 6.04 Å². The lowest BCUT2D eigenvalue weighted by Gasteiger charge is -2.22. The van der Waals surface area contributed by atoms with E-state index in [4.69, 9.17) is 4.74 Å². The smallest absolute Gasteiger partial charge is 0.316 e. The lowest BCUT2D eigenvalue weighted by Crippen LogP contribution is -2.22. The minimum absolute atomic E-state index is 0.284. The van der Waals surface area contributed by atoms with Crippen molar-refractivity contribution in [2.75, 3.05) is 14.2 Å². The van der Waals surface area contributed by atoms with E-state index in [1.807, 2.05) is 11.6 Å². The molecule has 1 atom stereocenters. The largest absolute Gasteiger partial charge is 0.467 e. The Kier molecular flexibility index (Phi) is 4.22. The average molecular weight is 264 g/mol. The number of thiazole rings is 1. The number of rotatable bonds is 5. The molecule has 0 aliphatic carbocycles. The van der Waals surface area contributed by atoms with Crippen molar-refractivity contribution in [2.45, 2.75) is 19.5 Å². The molecule has 18 heavy (non-hydrogen) atoms. The second-order valence-electron chi connectivity index (χ2n) is 4.04. The monoisotopic (exact) mass is 264 g/mol. The molecular weight excluding hydrogens is 248 g/mol. The van der Waals surface area contributed by atoms with Gasteiger partial charge < -0.3 is 4.74 Å². The van der Waals surface area contributed by atoms with E-state index in [9.17, 15) is 0 Å². The third kappa shape index (κ3) is 3.02. The van der Waals surface area contributed by atoms with Gasteiger partial charge in [-0.05, 0) is 14.0 Å². The molecule has 0 fully saturated rings. The molecule has 0 radical (unpaired) electrons. The van der Waals surface area contributed by atoms with Crippen LogP contribution in [0.25, 0.3) is 0 Å². The van der Waals surface area contributed by atoms with Crippen LogP contribution >= 0.6 is 11.3 Å². The van der Waals surface area contributed by atoms with Gasteiger partial charge in [0.05, 0.1) is 13.2 Å². The third-order valence-corrected chi connectivity index (χ3v) is 3.71. The van der Waals surface area contributed by atoms with Crippen molar-refractivity contribution in [1.29, 1.82) is 0 Å². The van der Waals surface area contributed by atoms with Crippen LogP contribution in [-0.4, -0.2) is 34.0 Å². The molecule has 0 aliphatic rings. The summed E-state index contributed by atoms with van der Waals surface area (Å²) in [7, 11) is 3.63. The highest BCUT2D eigenvalue weighted by molar-refractivity contribution is 7.09. The van der Waals surface area contributed by atoms with Gasteiger partial charge in [0.2, 0.25) is 0 Å². The van der Waals surface area contributed by atoms with E-state index in [1.165, 1.54) is 0 Å². The topological polar surface area (TPSA) is 51.1 Å². The van der Waals surface area contributed by atoms with Gasteiger partial charge in [-0.3, -0.25) is 4.90 Å². The van der Waals surface area contributed by atoms with Gasteiger partial charge in [0, 0.05) is 36.1 Å². The Morgan fingerprint density at radius 2 is 2.06 bits per heavy atom. The molecule has 6 heteroatoms. The summed E-state index contributed by atoms with van der Waals surface area (Å²) < 4.78 is 4.94. The van der Waals surface area contributed by atoms with Gasteiger partial charge in [-0.25, -0.2) is 15.0 Å². The standard InChI is InChI=1S/C12H16N4OS/c1-9(11-13-4-5-18-11)16(2)8-10-6-14-12(17-3)15-7-10/h4-7,9H,8H2,1-3H3. The first kappa shape index (κ1) is 12.9. The first-order valence-electron chi connectivity index (χ1n) is 5.65. The summed E-state index contributed by atoms with van der Waals surface area (Å²) in [5.74, 6) is 0. The summed E-state index contributed by atoms with van der Waals surface area (Å²) in [5.41, 5.74) is 1.06. The molecule has 0 bridgehead atoms. The van der Waals surface area contributed by atoms with Crippen LogP contribution in [0.3, 0.4) is 0 Å². The van der Waals surface area contributed by atoms with Crippen molar-refractivity contribution in [1.82, 2.24) is 19.9 Å². The Morgan fingerprint density at radius 1 is 1.33 bits per heavy atom. The van der Waals surface area contributed by atoms with Gasteiger partial charge >= 0.3 is 6.01 Å². The fourth-order valence-corrected chi connectivity index (χ4v) is 2.34. The van der Waals surface area contributed by atoms with Crippen LogP contribution in [0.5, 0.6) is 6.01 Å². The fourth-order valence-electron chi connectivity index (χ4n) is 1.58. The minimum Gasteiger partial charge on any atom is -0.467 e. The Bertz CT molecular complexity index is 471. The fraction of sp³-hybridized carbons (Fsp3) is 0.417.